The monoisotopic (exact) mass is 286 g/mol. The normalized spacial score (nSPS) is 20.6. The van der Waals surface area contributed by atoms with E-state index in [-0.39, 0.29) is 25.1 Å². The second-order valence-electron chi connectivity index (χ2n) is 5.03. The first kappa shape index (κ1) is 14.8. The summed E-state index contributed by atoms with van der Waals surface area (Å²) < 4.78 is 51.8. The average molecular weight is 286 g/mol. The van der Waals surface area contributed by atoms with Crippen LogP contribution in [-0.2, 0) is 6.54 Å². The Morgan fingerprint density at radius 3 is 2.75 bits per heavy atom. The van der Waals surface area contributed by atoms with Crippen LogP contribution in [0.3, 0.4) is 0 Å². The topological polar surface area (TPSA) is 27.0 Å². The molecule has 1 atom stereocenters. The van der Waals surface area contributed by atoms with Crippen molar-refractivity contribution in [2.75, 3.05) is 13.1 Å². The third-order valence-corrected chi connectivity index (χ3v) is 3.54. The Kier molecular flexibility index (Phi) is 4.29. The van der Waals surface area contributed by atoms with E-state index in [9.17, 15) is 17.6 Å². The zero-order valence-corrected chi connectivity index (χ0v) is 10.8. The van der Waals surface area contributed by atoms with E-state index < -0.39 is 17.9 Å². The van der Waals surface area contributed by atoms with Gasteiger partial charge in [-0.2, -0.15) is 18.4 Å². The number of nitriles is 1. The Labute approximate surface area is 114 Å². The molecule has 1 aliphatic rings. The van der Waals surface area contributed by atoms with Crippen LogP contribution in [0.15, 0.2) is 18.2 Å². The predicted molar refractivity (Wildman–Crippen MR) is 65.2 cm³/mol. The maximum atomic E-state index is 13.6. The van der Waals surface area contributed by atoms with E-state index in [4.69, 9.17) is 5.26 Å². The Hall–Kier alpha value is -1.61. The lowest BCUT2D eigenvalue weighted by Crippen LogP contribution is -2.41. The average Bonchev–Trinajstić information content (AvgIpc) is 2.41. The fraction of sp³-hybridized carbons (Fsp3) is 0.500. The van der Waals surface area contributed by atoms with Gasteiger partial charge in [0, 0.05) is 18.7 Å². The molecule has 20 heavy (non-hydrogen) atoms. The van der Waals surface area contributed by atoms with Crippen LogP contribution in [0.4, 0.5) is 17.6 Å². The van der Waals surface area contributed by atoms with E-state index in [1.807, 2.05) is 6.07 Å². The van der Waals surface area contributed by atoms with Crippen molar-refractivity contribution >= 4 is 0 Å². The third-order valence-electron chi connectivity index (χ3n) is 3.54. The highest BCUT2D eigenvalue weighted by molar-refractivity contribution is 5.33. The van der Waals surface area contributed by atoms with Crippen LogP contribution in [0.1, 0.15) is 24.0 Å². The molecule has 0 aromatic heterocycles. The summed E-state index contributed by atoms with van der Waals surface area (Å²) in [6.07, 6.45) is -3.63. The van der Waals surface area contributed by atoms with Crippen LogP contribution >= 0.6 is 0 Å². The minimum atomic E-state index is -4.20. The van der Waals surface area contributed by atoms with Gasteiger partial charge in [-0.05, 0) is 37.6 Å². The van der Waals surface area contributed by atoms with Crippen molar-refractivity contribution in [1.82, 2.24) is 4.90 Å². The minimum Gasteiger partial charge on any atom is -0.298 e. The van der Waals surface area contributed by atoms with E-state index in [1.165, 1.54) is 18.2 Å². The summed E-state index contributed by atoms with van der Waals surface area (Å²) in [5, 5.41) is 8.77. The summed E-state index contributed by atoms with van der Waals surface area (Å²) in [7, 11) is 0. The lowest BCUT2D eigenvalue weighted by molar-refractivity contribution is -0.187. The number of benzene rings is 1. The molecule has 0 aliphatic carbocycles. The maximum absolute atomic E-state index is 13.6. The Morgan fingerprint density at radius 1 is 1.35 bits per heavy atom. The van der Waals surface area contributed by atoms with Crippen LogP contribution in [0.2, 0.25) is 0 Å². The molecule has 0 unspecified atom stereocenters. The molecule has 0 saturated carbocycles. The molecule has 1 saturated heterocycles. The minimum absolute atomic E-state index is 0.105. The molecule has 1 heterocycles. The van der Waals surface area contributed by atoms with Crippen molar-refractivity contribution in [1.29, 1.82) is 5.26 Å². The van der Waals surface area contributed by atoms with Crippen molar-refractivity contribution in [3.63, 3.8) is 0 Å². The molecule has 0 amide bonds. The van der Waals surface area contributed by atoms with E-state index in [0.29, 0.717) is 18.5 Å². The molecule has 1 fully saturated rings. The fourth-order valence-corrected chi connectivity index (χ4v) is 2.47. The van der Waals surface area contributed by atoms with E-state index in [0.717, 1.165) is 0 Å². The number of hydrogen-bond acceptors (Lipinski definition) is 2. The second-order valence-corrected chi connectivity index (χ2v) is 5.03. The number of nitrogens with zero attached hydrogens (tertiary/aromatic N) is 2. The van der Waals surface area contributed by atoms with Crippen LogP contribution in [-0.4, -0.2) is 24.2 Å². The van der Waals surface area contributed by atoms with Gasteiger partial charge in [-0.1, -0.05) is 0 Å². The van der Waals surface area contributed by atoms with Gasteiger partial charge in [0.15, 0.2) is 0 Å². The molecule has 0 radical (unpaired) electrons. The quantitative estimate of drug-likeness (QED) is 0.778. The van der Waals surface area contributed by atoms with E-state index in [1.54, 1.807) is 4.90 Å². The highest BCUT2D eigenvalue weighted by Crippen LogP contribution is 2.33. The Balaban J connectivity index is 2.08. The van der Waals surface area contributed by atoms with Gasteiger partial charge in [0.25, 0.3) is 0 Å². The maximum Gasteiger partial charge on any atom is 0.393 e. The summed E-state index contributed by atoms with van der Waals surface area (Å²) in [5.74, 6) is -1.84. The summed E-state index contributed by atoms with van der Waals surface area (Å²) in [6, 6.07) is 5.83. The first-order valence-electron chi connectivity index (χ1n) is 6.37. The van der Waals surface area contributed by atoms with Gasteiger partial charge in [0.05, 0.1) is 17.6 Å². The standard InChI is InChI=1S/C14H14F4N2/c15-13-4-3-10(7-19)6-11(13)8-20-5-1-2-12(9-20)14(16,17)18/h3-4,6,12H,1-2,5,8-9H2/t12-/m0/s1. The number of hydrogen-bond donors (Lipinski definition) is 0. The Morgan fingerprint density at radius 2 is 2.10 bits per heavy atom. The lowest BCUT2D eigenvalue weighted by Gasteiger charge is -2.33. The number of alkyl halides is 3. The molecule has 0 spiro atoms. The van der Waals surface area contributed by atoms with Crippen molar-refractivity contribution in [2.24, 2.45) is 5.92 Å². The van der Waals surface area contributed by atoms with Gasteiger partial charge in [0.1, 0.15) is 5.82 Å². The molecule has 0 N–H and O–H groups in total. The predicted octanol–water partition coefficient (Wildman–Crippen LogP) is 3.47. The van der Waals surface area contributed by atoms with Crippen molar-refractivity contribution in [3.8, 4) is 6.07 Å². The summed E-state index contributed by atoms with van der Waals surface area (Å²) >= 11 is 0. The van der Waals surface area contributed by atoms with Gasteiger partial charge in [0.2, 0.25) is 0 Å². The molecule has 0 bridgehead atoms. The van der Waals surface area contributed by atoms with Gasteiger partial charge in [-0.25, -0.2) is 4.39 Å². The number of halogens is 4. The Bertz CT molecular complexity index is 519. The van der Waals surface area contributed by atoms with E-state index in [2.05, 4.69) is 0 Å². The van der Waals surface area contributed by atoms with Gasteiger partial charge >= 0.3 is 6.18 Å². The SMILES string of the molecule is N#Cc1ccc(F)c(CN2CCC[C@H](C(F)(F)F)C2)c1. The highest BCUT2D eigenvalue weighted by Gasteiger charge is 2.41. The second kappa shape index (κ2) is 5.80. The zero-order chi connectivity index (χ0) is 14.8. The molecule has 2 nitrogen and oxygen atoms in total. The molecule has 1 aromatic carbocycles. The first-order chi connectivity index (χ1) is 9.40. The molecular weight excluding hydrogens is 272 g/mol. The van der Waals surface area contributed by atoms with Crippen molar-refractivity contribution < 1.29 is 17.6 Å². The first-order valence-corrected chi connectivity index (χ1v) is 6.37. The van der Waals surface area contributed by atoms with Crippen LogP contribution in [0.25, 0.3) is 0 Å². The lowest BCUT2D eigenvalue weighted by atomic mass is 9.97. The van der Waals surface area contributed by atoms with Gasteiger partial charge < -0.3 is 0 Å². The summed E-state index contributed by atoms with van der Waals surface area (Å²) in [5.41, 5.74) is 0.581. The van der Waals surface area contributed by atoms with Gasteiger partial charge in [-0.3, -0.25) is 4.90 Å². The van der Waals surface area contributed by atoms with Crippen LogP contribution < -0.4 is 0 Å². The molecular formula is C14H14F4N2. The summed E-state index contributed by atoms with van der Waals surface area (Å²) in [4.78, 5) is 1.60. The number of likely N-dealkylation sites (tertiary alicyclic amines) is 1. The molecule has 2 rings (SSSR count). The molecule has 1 aliphatic heterocycles. The number of piperidine rings is 1. The molecule has 108 valence electrons. The fourth-order valence-electron chi connectivity index (χ4n) is 2.47. The summed E-state index contributed by atoms with van der Waals surface area (Å²) in [6.45, 7) is 0.510. The van der Waals surface area contributed by atoms with Crippen LogP contribution in [0.5, 0.6) is 0 Å². The highest BCUT2D eigenvalue weighted by atomic mass is 19.4. The largest absolute Gasteiger partial charge is 0.393 e. The third kappa shape index (κ3) is 3.48. The number of rotatable bonds is 2. The molecule has 6 heteroatoms. The van der Waals surface area contributed by atoms with Crippen molar-refractivity contribution in [2.45, 2.75) is 25.6 Å². The van der Waals surface area contributed by atoms with Crippen LogP contribution in [0, 0.1) is 23.1 Å². The smallest absolute Gasteiger partial charge is 0.298 e. The van der Waals surface area contributed by atoms with Gasteiger partial charge in [-0.15, -0.1) is 0 Å². The zero-order valence-electron chi connectivity index (χ0n) is 10.8. The van der Waals surface area contributed by atoms with E-state index >= 15 is 0 Å². The molecule has 1 aromatic rings. The van der Waals surface area contributed by atoms with Crippen molar-refractivity contribution in [3.05, 3.63) is 35.1 Å².